The van der Waals surface area contributed by atoms with Gasteiger partial charge >= 0.3 is 0 Å². The molecule has 3 aromatic rings. The van der Waals surface area contributed by atoms with E-state index in [0.717, 1.165) is 16.9 Å². The van der Waals surface area contributed by atoms with Crippen molar-refractivity contribution in [2.75, 3.05) is 0 Å². The molecule has 8 heteroatoms. The number of pyridine rings is 1. The molecule has 2 aromatic heterocycles. The van der Waals surface area contributed by atoms with Crippen LogP contribution in [0.15, 0.2) is 53.6 Å². The number of carbonyl (C=O) groups is 1. The quantitative estimate of drug-likeness (QED) is 0.709. The Labute approximate surface area is 166 Å². The summed E-state index contributed by atoms with van der Waals surface area (Å²) >= 11 is 5.93. The maximum absolute atomic E-state index is 13.6. The first-order valence-corrected chi connectivity index (χ1v) is 9.09. The average Bonchev–Trinajstić information content (AvgIpc) is 2.68. The highest BCUT2D eigenvalue weighted by atomic mass is 35.5. The number of nitrogens with zero attached hydrogens (tertiary/aromatic N) is 3. The SMILES string of the molecule is CC[C@@H](C)NC(=O)c1cc(-c2ccc(Cl)cc2)nn(-c2cncc(F)c2)c1=O. The minimum absolute atomic E-state index is 0.0930. The number of aromatic nitrogens is 3. The third kappa shape index (κ3) is 4.26. The first-order valence-electron chi connectivity index (χ1n) is 8.71. The van der Waals surface area contributed by atoms with Gasteiger partial charge in [0, 0.05) is 22.7 Å². The number of nitrogens with one attached hydrogen (secondary N) is 1. The van der Waals surface area contributed by atoms with Crippen molar-refractivity contribution in [2.45, 2.75) is 26.3 Å². The molecule has 2 heterocycles. The van der Waals surface area contributed by atoms with E-state index in [0.29, 0.717) is 22.7 Å². The van der Waals surface area contributed by atoms with Crippen molar-refractivity contribution in [1.82, 2.24) is 20.1 Å². The van der Waals surface area contributed by atoms with Gasteiger partial charge in [0.05, 0.1) is 23.8 Å². The smallest absolute Gasteiger partial charge is 0.284 e. The molecule has 1 N–H and O–H groups in total. The molecule has 0 saturated heterocycles. The van der Waals surface area contributed by atoms with Crippen LogP contribution in [0.5, 0.6) is 0 Å². The topological polar surface area (TPSA) is 76.9 Å². The van der Waals surface area contributed by atoms with E-state index in [9.17, 15) is 14.0 Å². The van der Waals surface area contributed by atoms with Crippen molar-refractivity contribution in [3.05, 3.63) is 75.5 Å². The van der Waals surface area contributed by atoms with E-state index >= 15 is 0 Å². The summed E-state index contributed by atoms with van der Waals surface area (Å²) in [7, 11) is 0. The van der Waals surface area contributed by atoms with Gasteiger partial charge in [0.2, 0.25) is 0 Å². The lowest BCUT2D eigenvalue weighted by Gasteiger charge is -2.14. The van der Waals surface area contributed by atoms with E-state index in [1.165, 1.54) is 12.3 Å². The largest absolute Gasteiger partial charge is 0.349 e. The number of amides is 1. The molecular weight excluding hydrogens is 383 g/mol. The van der Waals surface area contributed by atoms with Gasteiger partial charge < -0.3 is 5.32 Å². The van der Waals surface area contributed by atoms with Gasteiger partial charge in [-0.15, -0.1) is 0 Å². The molecule has 0 unspecified atom stereocenters. The highest BCUT2D eigenvalue weighted by molar-refractivity contribution is 6.30. The summed E-state index contributed by atoms with van der Waals surface area (Å²) in [4.78, 5) is 29.3. The molecule has 0 saturated carbocycles. The molecule has 1 aromatic carbocycles. The standard InChI is InChI=1S/C20H18ClFN4O2/c1-3-12(2)24-19(27)17-9-18(13-4-6-14(21)7-5-13)25-26(20(17)28)16-8-15(22)10-23-11-16/h4-12H,3H2,1-2H3,(H,24,27)/t12-/m1/s1. The number of carbonyl (C=O) groups excluding carboxylic acids is 1. The van der Waals surface area contributed by atoms with Crippen molar-refractivity contribution in [3.63, 3.8) is 0 Å². The molecule has 0 fully saturated rings. The first-order chi connectivity index (χ1) is 13.4. The lowest BCUT2D eigenvalue weighted by atomic mass is 10.1. The van der Waals surface area contributed by atoms with Crippen LogP contribution >= 0.6 is 11.6 Å². The Morgan fingerprint density at radius 2 is 1.96 bits per heavy atom. The Balaban J connectivity index is 2.19. The van der Waals surface area contributed by atoms with Crippen molar-refractivity contribution < 1.29 is 9.18 Å². The summed E-state index contributed by atoms with van der Waals surface area (Å²) < 4.78 is 14.6. The zero-order valence-electron chi connectivity index (χ0n) is 15.3. The molecule has 0 aliphatic heterocycles. The van der Waals surface area contributed by atoms with Gasteiger partial charge in [0.1, 0.15) is 11.4 Å². The fourth-order valence-corrected chi connectivity index (χ4v) is 2.64. The van der Waals surface area contributed by atoms with E-state index < -0.39 is 17.3 Å². The van der Waals surface area contributed by atoms with Gasteiger partial charge in [-0.05, 0) is 31.5 Å². The highest BCUT2D eigenvalue weighted by Crippen LogP contribution is 2.20. The Morgan fingerprint density at radius 3 is 2.61 bits per heavy atom. The van der Waals surface area contributed by atoms with Gasteiger partial charge in [-0.2, -0.15) is 9.78 Å². The Kier molecular flexibility index (Phi) is 5.84. The molecule has 6 nitrogen and oxygen atoms in total. The van der Waals surface area contributed by atoms with Gasteiger partial charge in [-0.1, -0.05) is 30.7 Å². The first kappa shape index (κ1) is 19.7. The van der Waals surface area contributed by atoms with Gasteiger partial charge in [-0.3, -0.25) is 14.6 Å². The maximum atomic E-state index is 13.6. The molecule has 1 amide bonds. The Morgan fingerprint density at radius 1 is 1.25 bits per heavy atom. The molecular formula is C20H18ClFN4O2. The zero-order chi connectivity index (χ0) is 20.3. The Bertz CT molecular complexity index is 1070. The van der Waals surface area contributed by atoms with Crippen LogP contribution in [0.2, 0.25) is 5.02 Å². The van der Waals surface area contributed by atoms with E-state index in [4.69, 9.17) is 11.6 Å². The molecule has 3 rings (SSSR count). The summed E-state index contributed by atoms with van der Waals surface area (Å²) in [6.45, 7) is 3.77. The fourth-order valence-electron chi connectivity index (χ4n) is 2.51. The van der Waals surface area contributed by atoms with Gasteiger partial charge in [0.25, 0.3) is 11.5 Å². The number of halogens is 2. The van der Waals surface area contributed by atoms with Crippen molar-refractivity contribution in [3.8, 4) is 16.9 Å². The third-order valence-electron chi connectivity index (χ3n) is 4.22. The van der Waals surface area contributed by atoms with Crippen LogP contribution in [0.25, 0.3) is 16.9 Å². The number of hydrogen-bond donors (Lipinski definition) is 1. The predicted octanol–water partition coefficient (Wildman–Crippen LogP) is 3.62. The van der Waals surface area contributed by atoms with Crippen LogP contribution in [0, 0.1) is 5.82 Å². The van der Waals surface area contributed by atoms with E-state index in [-0.39, 0.29) is 17.3 Å². The van der Waals surface area contributed by atoms with Crippen LogP contribution in [-0.2, 0) is 0 Å². The second kappa shape index (κ2) is 8.31. The molecule has 0 bridgehead atoms. The van der Waals surface area contributed by atoms with E-state index in [2.05, 4.69) is 15.4 Å². The summed E-state index contributed by atoms with van der Waals surface area (Å²) in [5.41, 5.74) is 0.392. The molecule has 0 aliphatic rings. The average molecular weight is 401 g/mol. The normalized spacial score (nSPS) is 11.9. The van der Waals surface area contributed by atoms with Crippen molar-refractivity contribution >= 4 is 17.5 Å². The second-order valence-corrected chi connectivity index (χ2v) is 6.75. The third-order valence-corrected chi connectivity index (χ3v) is 4.47. The summed E-state index contributed by atoms with van der Waals surface area (Å²) in [6.07, 6.45) is 3.04. The zero-order valence-corrected chi connectivity index (χ0v) is 16.1. The summed E-state index contributed by atoms with van der Waals surface area (Å²) in [5.74, 6) is -1.14. The molecule has 1 atom stereocenters. The molecule has 28 heavy (non-hydrogen) atoms. The van der Waals surface area contributed by atoms with E-state index in [1.54, 1.807) is 24.3 Å². The van der Waals surface area contributed by atoms with Gasteiger partial charge in [-0.25, -0.2) is 4.39 Å². The predicted molar refractivity (Wildman–Crippen MR) is 105 cm³/mol. The fraction of sp³-hybridized carbons (Fsp3) is 0.200. The van der Waals surface area contributed by atoms with Gasteiger partial charge in [0.15, 0.2) is 0 Å². The number of hydrogen-bond acceptors (Lipinski definition) is 4. The summed E-state index contributed by atoms with van der Waals surface area (Å²) in [5, 5.41) is 7.62. The monoisotopic (exact) mass is 400 g/mol. The molecule has 0 spiro atoms. The second-order valence-electron chi connectivity index (χ2n) is 6.31. The molecule has 0 aliphatic carbocycles. The highest BCUT2D eigenvalue weighted by Gasteiger charge is 2.19. The van der Waals surface area contributed by atoms with E-state index in [1.807, 2.05) is 13.8 Å². The van der Waals surface area contributed by atoms with Crippen molar-refractivity contribution in [1.29, 1.82) is 0 Å². The minimum Gasteiger partial charge on any atom is -0.349 e. The maximum Gasteiger partial charge on any atom is 0.284 e. The number of rotatable bonds is 5. The minimum atomic E-state index is -0.661. The van der Waals surface area contributed by atoms with Crippen LogP contribution in [-0.4, -0.2) is 26.7 Å². The Hall–Kier alpha value is -3.06. The summed E-state index contributed by atoms with van der Waals surface area (Å²) in [6, 6.07) is 9.24. The lowest BCUT2D eigenvalue weighted by Crippen LogP contribution is -2.37. The van der Waals surface area contributed by atoms with Crippen molar-refractivity contribution in [2.24, 2.45) is 0 Å². The van der Waals surface area contributed by atoms with Crippen LogP contribution in [0.1, 0.15) is 30.6 Å². The molecule has 144 valence electrons. The van der Waals surface area contributed by atoms with Crippen LogP contribution in [0.4, 0.5) is 4.39 Å². The lowest BCUT2D eigenvalue weighted by molar-refractivity contribution is 0.0937. The van der Waals surface area contributed by atoms with Crippen LogP contribution in [0.3, 0.4) is 0 Å². The molecule has 0 radical (unpaired) electrons. The number of benzene rings is 1. The van der Waals surface area contributed by atoms with Crippen LogP contribution < -0.4 is 10.9 Å².